The lowest BCUT2D eigenvalue weighted by molar-refractivity contribution is -0.113. The smallest absolute Gasteiger partial charge is 0.335 e. The molecule has 1 saturated heterocycles. The molecule has 3 aromatic rings. The standard InChI is InChI=1S/C24H20N2O3S3/c1-14-11-17(15(2)25(14)18-9-7-16(8-10-18)23(28)29)12-21-22(27)26(24(30)32-21)19-5-4-6-20(13-19)31-3/h4-13H,1-3H3,(H,28,29)/b21-12+. The monoisotopic (exact) mass is 480 g/mol. The molecule has 162 valence electrons. The molecule has 0 unspecified atom stereocenters. The quantitative estimate of drug-likeness (QED) is 0.278. The molecule has 1 aliphatic heterocycles. The van der Waals surface area contributed by atoms with E-state index in [2.05, 4.69) is 0 Å². The molecule has 1 N–H and O–H groups in total. The fourth-order valence-electron chi connectivity index (χ4n) is 3.67. The van der Waals surface area contributed by atoms with Crippen molar-refractivity contribution >= 4 is 63.7 Å². The van der Waals surface area contributed by atoms with Gasteiger partial charge in [0.25, 0.3) is 5.91 Å². The maximum absolute atomic E-state index is 13.2. The van der Waals surface area contributed by atoms with Crippen molar-refractivity contribution in [2.45, 2.75) is 18.7 Å². The van der Waals surface area contributed by atoms with Gasteiger partial charge in [0.05, 0.1) is 16.2 Å². The Morgan fingerprint density at radius 3 is 2.47 bits per heavy atom. The molecule has 0 spiro atoms. The number of aromatic nitrogens is 1. The molecule has 1 aliphatic rings. The highest BCUT2D eigenvalue weighted by Crippen LogP contribution is 2.37. The second kappa shape index (κ2) is 8.97. The molecule has 1 fully saturated rings. The Morgan fingerprint density at radius 2 is 1.81 bits per heavy atom. The highest BCUT2D eigenvalue weighted by atomic mass is 32.2. The zero-order chi connectivity index (χ0) is 23.0. The predicted molar refractivity (Wildman–Crippen MR) is 136 cm³/mol. The Hall–Kier alpha value is -2.81. The Labute approximate surface area is 200 Å². The van der Waals surface area contributed by atoms with Crippen molar-refractivity contribution in [3.63, 3.8) is 0 Å². The van der Waals surface area contributed by atoms with Crippen LogP contribution in [0.2, 0.25) is 0 Å². The van der Waals surface area contributed by atoms with E-state index in [0.717, 1.165) is 33.2 Å². The van der Waals surface area contributed by atoms with Crippen molar-refractivity contribution in [1.29, 1.82) is 0 Å². The summed E-state index contributed by atoms with van der Waals surface area (Å²) >= 11 is 8.43. The van der Waals surface area contributed by atoms with Crippen LogP contribution in [0.1, 0.15) is 27.3 Å². The fourth-order valence-corrected chi connectivity index (χ4v) is 5.41. The summed E-state index contributed by atoms with van der Waals surface area (Å²) in [5, 5.41) is 9.13. The first-order valence-electron chi connectivity index (χ1n) is 9.75. The Bertz CT molecular complexity index is 1280. The first-order valence-corrected chi connectivity index (χ1v) is 12.2. The second-order valence-corrected chi connectivity index (χ2v) is 9.79. The van der Waals surface area contributed by atoms with Gasteiger partial charge >= 0.3 is 5.97 Å². The third-order valence-corrected chi connectivity index (χ3v) is 7.26. The molecule has 5 nitrogen and oxygen atoms in total. The number of amides is 1. The molecule has 0 aliphatic carbocycles. The number of nitrogens with zero attached hydrogens (tertiary/aromatic N) is 2. The number of rotatable bonds is 5. The predicted octanol–water partition coefficient (Wildman–Crippen LogP) is 5.92. The topological polar surface area (TPSA) is 62.5 Å². The number of hydrogen-bond donors (Lipinski definition) is 1. The van der Waals surface area contributed by atoms with E-state index in [4.69, 9.17) is 17.3 Å². The third kappa shape index (κ3) is 4.13. The number of carbonyl (C=O) groups excluding carboxylic acids is 1. The van der Waals surface area contributed by atoms with Crippen molar-refractivity contribution < 1.29 is 14.7 Å². The van der Waals surface area contributed by atoms with E-state index in [1.165, 1.54) is 11.8 Å². The first-order chi connectivity index (χ1) is 15.3. The van der Waals surface area contributed by atoms with Crippen molar-refractivity contribution in [2.24, 2.45) is 0 Å². The summed E-state index contributed by atoms with van der Waals surface area (Å²) in [6.45, 7) is 3.96. The number of carboxylic acid groups (broad SMARTS) is 1. The van der Waals surface area contributed by atoms with Crippen molar-refractivity contribution in [2.75, 3.05) is 11.2 Å². The molecule has 0 atom stereocenters. The van der Waals surface area contributed by atoms with Gasteiger partial charge < -0.3 is 9.67 Å². The molecule has 1 aromatic heterocycles. The van der Waals surface area contributed by atoms with Crippen molar-refractivity contribution in [1.82, 2.24) is 4.57 Å². The van der Waals surface area contributed by atoms with Crippen LogP contribution in [0.5, 0.6) is 0 Å². The van der Waals surface area contributed by atoms with Crippen molar-refractivity contribution in [3.8, 4) is 5.69 Å². The minimum atomic E-state index is -0.955. The average molecular weight is 481 g/mol. The molecule has 2 heterocycles. The lowest BCUT2D eigenvalue weighted by Crippen LogP contribution is -2.27. The number of aromatic carboxylic acids is 1. The molecule has 1 amide bonds. The molecule has 4 rings (SSSR count). The van der Waals surface area contributed by atoms with Crippen LogP contribution in [-0.2, 0) is 4.79 Å². The summed E-state index contributed by atoms with van der Waals surface area (Å²) in [6.07, 6.45) is 3.87. The minimum Gasteiger partial charge on any atom is -0.478 e. The van der Waals surface area contributed by atoms with E-state index < -0.39 is 5.97 Å². The molecule has 8 heteroatoms. The first kappa shape index (κ1) is 22.4. The largest absolute Gasteiger partial charge is 0.478 e. The van der Waals surface area contributed by atoms with E-state index in [9.17, 15) is 9.59 Å². The van der Waals surface area contributed by atoms with E-state index in [1.54, 1.807) is 40.9 Å². The van der Waals surface area contributed by atoms with Gasteiger partial charge in [0, 0.05) is 22.0 Å². The van der Waals surface area contributed by atoms with Gasteiger partial charge in [-0.3, -0.25) is 9.69 Å². The Kier molecular flexibility index (Phi) is 6.28. The number of benzene rings is 2. The summed E-state index contributed by atoms with van der Waals surface area (Å²) < 4.78 is 2.55. The summed E-state index contributed by atoms with van der Waals surface area (Å²) in [6, 6.07) is 16.5. The van der Waals surface area contributed by atoms with Crippen LogP contribution in [0.3, 0.4) is 0 Å². The van der Waals surface area contributed by atoms with Gasteiger partial charge in [0.15, 0.2) is 4.32 Å². The number of carboxylic acids is 1. The number of thioether (sulfide) groups is 2. The molecule has 0 bridgehead atoms. The van der Waals surface area contributed by atoms with Gasteiger partial charge in [-0.1, -0.05) is 30.0 Å². The van der Waals surface area contributed by atoms with Gasteiger partial charge in [-0.05, 0) is 80.3 Å². The molecule has 2 aromatic carbocycles. The number of aryl methyl sites for hydroxylation is 1. The minimum absolute atomic E-state index is 0.131. The zero-order valence-electron chi connectivity index (χ0n) is 17.7. The van der Waals surface area contributed by atoms with Crippen LogP contribution in [0.25, 0.3) is 11.8 Å². The number of hydrogen-bond acceptors (Lipinski definition) is 5. The normalized spacial score (nSPS) is 15.1. The lowest BCUT2D eigenvalue weighted by atomic mass is 10.2. The van der Waals surface area contributed by atoms with E-state index in [0.29, 0.717) is 9.23 Å². The highest BCUT2D eigenvalue weighted by molar-refractivity contribution is 8.27. The number of thiocarbonyl (C=S) groups is 1. The van der Waals surface area contributed by atoms with Gasteiger partial charge in [0.2, 0.25) is 0 Å². The molecule has 0 saturated carbocycles. The summed E-state index contributed by atoms with van der Waals surface area (Å²) in [5.74, 6) is -1.09. The van der Waals surface area contributed by atoms with Crippen LogP contribution < -0.4 is 4.90 Å². The maximum atomic E-state index is 13.2. The fraction of sp³-hybridized carbons (Fsp3) is 0.125. The molecular formula is C24H20N2O3S3. The summed E-state index contributed by atoms with van der Waals surface area (Å²) in [7, 11) is 0. The van der Waals surface area contributed by atoms with Crippen molar-refractivity contribution in [3.05, 3.63) is 82.0 Å². The third-order valence-electron chi connectivity index (χ3n) is 5.23. The van der Waals surface area contributed by atoms with Crippen LogP contribution in [0, 0.1) is 13.8 Å². The Balaban J connectivity index is 1.67. The van der Waals surface area contributed by atoms with Gasteiger partial charge in [0.1, 0.15) is 0 Å². The van der Waals surface area contributed by atoms with Gasteiger partial charge in [-0.15, -0.1) is 11.8 Å². The van der Waals surface area contributed by atoms with Gasteiger partial charge in [-0.25, -0.2) is 4.79 Å². The number of anilines is 1. The second-order valence-electron chi connectivity index (χ2n) is 7.23. The Morgan fingerprint density at radius 1 is 1.09 bits per heavy atom. The van der Waals surface area contributed by atoms with Crippen LogP contribution in [0.4, 0.5) is 5.69 Å². The van der Waals surface area contributed by atoms with Crippen LogP contribution >= 0.6 is 35.7 Å². The van der Waals surface area contributed by atoms with E-state index in [1.807, 2.05) is 61.1 Å². The van der Waals surface area contributed by atoms with Gasteiger partial charge in [-0.2, -0.15) is 0 Å². The SMILES string of the molecule is CSc1cccc(N2C(=O)/C(=C\c3cc(C)n(-c4ccc(C(=O)O)cc4)c3C)SC2=S)c1. The van der Waals surface area contributed by atoms with E-state index >= 15 is 0 Å². The summed E-state index contributed by atoms with van der Waals surface area (Å²) in [4.78, 5) is 27.5. The lowest BCUT2D eigenvalue weighted by Gasteiger charge is -2.15. The van der Waals surface area contributed by atoms with Crippen LogP contribution in [-0.4, -0.2) is 32.1 Å². The number of carbonyl (C=O) groups is 2. The summed E-state index contributed by atoms with van der Waals surface area (Å²) in [5.41, 5.74) is 4.74. The van der Waals surface area contributed by atoms with E-state index in [-0.39, 0.29) is 11.5 Å². The molecule has 0 radical (unpaired) electrons. The maximum Gasteiger partial charge on any atom is 0.335 e. The zero-order valence-corrected chi connectivity index (χ0v) is 20.1. The molecule has 32 heavy (non-hydrogen) atoms. The molecular weight excluding hydrogens is 460 g/mol. The average Bonchev–Trinajstić information content (AvgIpc) is 3.22. The van der Waals surface area contributed by atoms with Crippen LogP contribution in [0.15, 0.2) is 64.4 Å². The highest BCUT2D eigenvalue weighted by Gasteiger charge is 2.33.